The van der Waals surface area contributed by atoms with Gasteiger partial charge in [-0.3, -0.25) is 14.6 Å². The Labute approximate surface area is 171 Å². The van der Waals surface area contributed by atoms with Crippen molar-refractivity contribution in [3.05, 3.63) is 48.4 Å². The number of hydrogen-bond acceptors (Lipinski definition) is 6. The van der Waals surface area contributed by atoms with Gasteiger partial charge in [-0.05, 0) is 25.5 Å². The Hall–Kier alpha value is -2.87. The molecule has 3 aliphatic heterocycles. The molecular weight excluding hydrogens is 372 g/mol. The summed E-state index contributed by atoms with van der Waals surface area (Å²) in [5.74, 6) is -0.265. The average molecular weight is 400 g/mol. The zero-order valence-corrected chi connectivity index (χ0v) is 17.4. The molecule has 0 saturated carbocycles. The van der Waals surface area contributed by atoms with Crippen LogP contribution in [0.15, 0.2) is 53.5 Å². The van der Waals surface area contributed by atoms with Crippen molar-refractivity contribution in [1.29, 1.82) is 0 Å². The molecule has 8 heteroatoms. The summed E-state index contributed by atoms with van der Waals surface area (Å²) >= 11 is 0. The van der Waals surface area contributed by atoms with E-state index >= 15 is 0 Å². The molecule has 0 aromatic rings. The summed E-state index contributed by atoms with van der Waals surface area (Å²) < 4.78 is 11.5. The molecule has 0 radical (unpaired) electrons. The third kappa shape index (κ3) is 3.72. The van der Waals surface area contributed by atoms with E-state index < -0.39 is 17.7 Å². The van der Waals surface area contributed by atoms with Crippen LogP contribution in [-0.4, -0.2) is 72.4 Å². The molecule has 3 heterocycles. The number of rotatable bonds is 4. The maximum atomic E-state index is 13.0. The van der Waals surface area contributed by atoms with Crippen molar-refractivity contribution < 1.29 is 19.1 Å². The van der Waals surface area contributed by atoms with Crippen LogP contribution in [0.1, 0.15) is 20.3 Å². The first-order chi connectivity index (χ1) is 13.7. The van der Waals surface area contributed by atoms with Crippen LogP contribution in [0.5, 0.6) is 0 Å². The van der Waals surface area contributed by atoms with Crippen LogP contribution in [0.25, 0.3) is 0 Å². The van der Waals surface area contributed by atoms with Crippen LogP contribution in [0.3, 0.4) is 0 Å². The van der Waals surface area contributed by atoms with Crippen molar-refractivity contribution in [2.24, 2.45) is 5.10 Å². The Balaban J connectivity index is 1.79. The fourth-order valence-electron chi connectivity index (χ4n) is 3.65. The van der Waals surface area contributed by atoms with Crippen LogP contribution in [0.4, 0.5) is 0 Å². The maximum Gasteiger partial charge on any atom is 0.252 e. The highest BCUT2D eigenvalue weighted by Crippen LogP contribution is 2.35. The van der Waals surface area contributed by atoms with Crippen LogP contribution in [-0.2, 0) is 19.1 Å². The second-order valence-corrected chi connectivity index (χ2v) is 7.50. The molecule has 0 spiro atoms. The topological polar surface area (TPSA) is 83.5 Å². The standard InChI is InChI=1S/C21H28N4O4/c1-7-9-17-13(3)28-11-16(20(27)24(17)5)22-19(26)18-10-14-15(23-25(18)6)12-29-21(14,4)8-2/h7,9-10,16,18H,1,3,8,11-12H2,2,4-6H3,(H,22,26)/b17-9+/t16-,18?,21?/m0/s1. The van der Waals surface area contributed by atoms with Crippen molar-refractivity contribution >= 4 is 17.5 Å². The number of carbonyl (C=O) groups excluding carboxylic acids is 2. The first-order valence-electron chi connectivity index (χ1n) is 9.61. The summed E-state index contributed by atoms with van der Waals surface area (Å²) in [5, 5.41) is 8.91. The summed E-state index contributed by atoms with van der Waals surface area (Å²) in [4.78, 5) is 27.3. The third-order valence-electron chi connectivity index (χ3n) is 5.65. The molecule has 0 aromatic carbocycles. The number of amides is 2. The van der Waals surface area contributed by atoms with Gasteiger partial charge in [0.25, 0.3) is 5.91 Å². The summed E-state index contributed by atoms with van der Waals surface area (Å²) in [7, 11) is 3.35. The van der Waals surface area contributed by atoms with E-state index in [-0.39, 0.29) is 18.4 Å². The lowest BCUT2D eigenvalue weighted by Gasteiger charge is -2.31. The molecule has 2 amide bonds. The van der Waals surface area contributed by atoms with Gasteiger partial charge in [0.1, 0.15) is 24.4 Å². The summed E-state index contributed by atoms with van der Waals surface area (Å²) in [6, 6.07) is -1.48. The van der Waals surface area contributed by atoms with E-state index in [4.69, 9.17) is 9.47 Å². The van der Waals surface area contributed by atoms with E-state index in [2.05, 4.69) is 23.6 Å². The number of nitrogens with one attached hydrogen (secondary N) is 1. The van der Waals surface area contributed by atoms with Gasteiger partial charge in [0, 0.05) is 19.7 Å². The van der Waals surface area contributed by atoms with Crippen molar-refractivity contribution in [2.75, 3.05) is 27.3 Å². The molecule has 0 bridgehead atoms. The molecular formula is C21H28N4O4. The highest BCUT2D eigenvalue weighted by atomic mass is 16.5. The first kappa shape index (κ1) is 20.9. The smallest absolute Gasteiger partial charge is 0.252 e. The Morgan fingerprint density at radius 3 is 2.86 bits per heavy atom. The summed E-state index contributed by atoms with van der Waals surface area (Å²) in [6.45, 7) is 11.9. The Morgan fingerprint density at radius 2 is 2.21 bits per heavy atom. The second-order valence-electron chi connectivity index (χ2n) is 7.50. The van der Waals surface area contributed by atoms with E-state index in [0.717, 1.165) is 17.7 Å². The van der Waals surface area contributed by atoms with E-state index in [9.17, 15) is 9.59 Å². The summed E-state index contributed by atoms with van der Waals surface area (Å²) in [5.41, 5.74) is 1.82. The quantitative estimate of drug-likeness (QED) is 0.770. The Kier molecular flexibility index (Phi) is 5.66. The number of hydrogen-bond donors (Lipinski definition) is 1. The molecule has 3 aliphatic rings. The highest BCUT2D eigenvalue weighted by molar-refractivity contribution is 6.06. The molecule has 29 heavy (non-hydrogen) atoms. The minimum Gasteiger partial charge on any atom is -0.489 e. The van der Waals surface area contributed by atoms with Crippen LogP contribution < -0.4 is 5.32 Å². The van der Waals surface area contributed by atoms with Gasteiger partial charge in [0.05, 0.1) is 23.6 Å². The van der Waals surface area contributed by atoms with Gasteiger partial charge >= 0.3 is 0 Å². The van der Waals surface area contributed by atoms with Crippen molar-refractivity contribution in [3.63, 3.8) is 0 Å². The molecule has 0 aromatic heterocycles. The lowest BCUT2D eigenvalue weighted by Crippen LogP contribution is -2.53. The fraction of sp³-hybridized carbons (Fsp3) is 0.476. The summed E-state index contributed by atoms with van der Waals surface area (Å²) in [6.07, 6.45) is 5.85. The van der Waals surface area contributed by atoms with Crippen LogP contribution in [0, 0.1) is 0 Å². The van der Waals surface area contributed by atoms with Gasteiger partial charge in [-0.25, -0.2) is 0 Å². The Bertz CT molecular complexity index is 844. The lowest BCUT2D eigenvalue weighted by atomic mass is 9.89. The van der Waals surface area contributed by atoms with Gasteiger partial charge < -0.3 is 19.7 Å². The van der Waals surface area contributed by atoms with E-state index in [1.54, 1.807) is 31.3 Å². The van der Waals surface area contributed by atoms with Gasteiger partial charge in [0.15, 0.2) is 0 Å². The van der Waals surface area contributed by atoms with E-state index in [1.165, 1.54) is 4.90 Å². The van der Waals surface area contributed by atoms with Gasteiger partial charge in [-0.2, -0.15) is 5.10 Å². The van der Waals surface area contributed by atoms with Crippen molar-refractivity contribution in [3.8, 4) is 0 Å². The minimum atomic E-state index is -0.838. The van der Waals surface area contributed by atoms with Crippen LogP contribution in [0.2, 0.25) is 0 Å². The average Bonchev–Trinajstić information content (AvgIpc) is 2.98. The molecule has 2 unspecified atom stereocenters. The number of fused-ring (bicyclic) bond motifs is 1. The predicted molar refractivity (Wildman–Crippen MR) is 110 cm³/mol. The first-order valence-corrected chi connectivity index (χ1v) is 9.61. The number of hydrazone groups is 1. The van der Waals surface area contributed by atoms with Gasteiger partial charge in [-0.1, -0.05) is 26.2 Å². The molecule has 2 saturated heterocycles. The molecule has 3 rings (SSSR count). The van der Waals surface area contributed by atoms with Crippen molar-refractivity contribution in [1.82, 2.24) is 15.2 Å². The number of nitrogens with zero attached hydrogens (tertiary/aromatic N) is 3. The Morgan fingerprint density at radius 1 is 1.48 bits per heavy atom. The van der Waals surface area contributed by atoms with Crippen molar-refractivity contribution in [2.45, 2.75) is 38.0 Å². The molecule has 1 N–H and O–H groups in total. The number of ether oxygens (including phenoxy) is 2. The molecule has 156 valence electrons. The minimum absolute atomic E-state index is 0.000457. The van der Waals surface area contributed by atoms with Gasteiger partial charge in [0.2, 0.25) is 5.91 Å². The highest BCUT2D eigenvalue weighted by Gasteiger charge is 2.42. The zero-order valence-electron chi connectivity index (χ0n) is 17.4. The zero-order chi connectivity index (χ0) is 21.3. The largest absolute Gasteiger partial charge is 0.489 e. The lowest BCUT2D eigenvalue weighted by molar-refractivity contribution is -0.135. The predicted octanol–water partition coefficient (Wildman–Crippen LogP) is 1.34. The van der Waals surface area contributed by atoms with E-state index in [0.29, 0.717) is 18.1 Å². The number of likely N-dealkylation sites (N-methyl/N-ethyl adjacent to an activating group) is 2. The maximum absolute atomic E-state index is 13.0. The third-order valence-corrected chi connectivity index (χ3v) is 5.65. The molecule has 0 aliphatic carbocycles. The van der Waals surface area contributed by atoms with Crippen LogP contribution >= 0.6 is 0 Å². The SMILES string of the molecule is C=C/C=C1\C(=C)OC[C@H](NC(=O)C2C=C3C(=NN2C)COC3(C)CC)C(=O)N1C. The molecule has 8 nitrogen and oxygen atoms in total. The number of allylic oxidation sites excluding steroid dienone is 2. The van der Waals surface area contributed by atoms with E-state index in [1.807, 2.05) is 19.9 Å². The van der Waals surface area contributed by atoms with Gasteiger partial charge in [-0.15, -0.1) is 0 Å². The molecule has 2 fully saturated rings. The number of carbonyl (C=O) groups is 2. The molecule has 3 atom stereocenters. The second kappa shape index (κ2) is 7.87. The monoisotopic (exact) mass is 400 g/mol. The fourth-order valence-corrected chi connectivity index (χ4v) is 3.65. The normalized spacial score (nSPS) is 31.0.